The highest BCUT2D eigenvalue weighted by Gasteiger charge is 2.49. The maximum absolute atomic E-state index is 9.71. The van der Waals surface area contributed by atoms with E-state index in [4.69, 9.17) is 10.2 Å². The van der Waals surface area contributed by atoms with Gasteiger partial charge in [-0.05, 0) is 55.8 Å². The SMILES string of the molecule is NCC(O)c1ncc(C2C3CC4CC(C3)CC2C4)o1. The summed E-state index contributed by atoms with van der Waals surface area (Å²) in [5, 5.41) is 9.71. The van der Waals surface area contributed by atoms with Crippen LogP contribution in [0, 0.1) is 23.7 Å². The van der Waals surface area contributed by atoms with Gasteiger partial charge in [-0.3, -0.25) is 0 Å². The van der Waals surface area contributed by atoms with Gasteiger partial charge in [-0.2, -0.15) is 0 Å². The van der Waals surface area contributed by atoms with E-state index in [2.05, 4.69) is 4.98 Å². The Morgan fingerprint density at radius 2 is 1.84 bits per heavy atom. The molecule has 19 heavy (non-hydrogen) atoms. The van der Waals surface area contributed by atoms with Crippen LogP contribution in [0.15, 0.2) is 10.6 Å². The Labute approximate surface area is 113 Å². The first-order valence-corrected chi connectivity index (χ1v) is 7.58. The fraction of sp³-hybridized carbons (Fsp3) is 0.800. The standard InChI is InChI=1S/C15H22N2O2/c16-6-12(18)15-17-7-13(19-15)14-10-2-8-1-9(4-10)5-11(14)3-8/h7-12,14,18H,1-6,16H2. The van der Waals surface area contributed by atoms with Gasteiger partial charge in [-0.25, -0.2) is 4.98 Å². The number of aliphatic hydroxyl groups is 1. The summed E-state index contributed by atoms with van der Waals surface area (Å²) >= 11 is 0. The Morgan fingerprint density at radius 3 is 2.42 bits per heavy atom. The molecule has 0 radical (unpaired) electrons. The molecule has 4 aliphatic rings. The molecule has 0 aromatic carbocycles. The van der Waals surface area contributed by atoms with Crippen LogP contribution in [-0.2, 0) is 0 Å². The lowest BCUT2D eigenvalue weighted by Crippen LogP contribution is -2.43. The minimum absolute atomic E-state index is 0.168. The normalized spacial score (nSPS) is 41.7. The molecule has 0 amide bonds. The monoisotopic (exact) mass is 262 g/mol. The van der Waals surface area contributed by atoms with Gasteiger partial charge in [0.05, 0.1) is 6.20 Å². The quantitative estimate of drug-likeness (QED) is 0.876. The second-order valence-electron chi connectivity index (χ2n) is 6.81. The number of nitrogens with two attached hydrogens (primary N) is 1. The number of aromatic nitrogens is 1. The van der Waals surface area contributed by atoms with Crippen LogP contribution in [0.4, 0.5) is 0 Å². The van der Waals surface area contributed by atoms with E-state index in [1.54, 1.807) is 0 Å². The molecule has 1 aromatic rings. The average molecular weight is 262 g/mol. The highest BCUT2D eigenvalue weighted by atomic mass is 16.4. The maximum Gasteiger partial charge on any atom is 0.224 e. The van der Waals surface area contributed by atoms with Gasteiger partial charge in [0.15, 0.2) is 0 Å². The van der Waals surface area contributed by atoms with Crippen molar-refractivity contribution >= 4 is 0 Å². The van der Waals surface area contributed by atoms with Crippen LogP contribution in [0.25, 0.3) is 0 Å². The second-order valence-corrected chi connectivity index (χ2v) is 6.81. The summed E-state index contributed by atoms with van der Waals surface area (Å²) in [5.74, 6) is 5.44. The van der Waals surface area contributed by atoms with Crippen LogP contribution in [0.5, 0.6) is 0 Å². The van der Waals surface area contributed by atoms with Gasteiger partial charge in [0.2, 0.25) is 5.89 Å². The summed E-state index contributed by atoms with van der Waals surface area (Å²) < 4.78 is 5.82. The van der Waals surface area contributed by atoms with Crippen LogP contribution in [0.3, 0.4) is 0 Å². The van der Waals surface area contributed by atoms with Gasteiger partial charge < -0.3 is 15.3 Å². The Balaban J connectivity index is 1.60. The van der Waals surface area contributed by atoms with Crippen molar-refractivity contribution in [2.24, 2.45) is 29.4 Å². The van der Waals surface area contributed by atoms with Crippen LogP contribution in [0.2, 0.25) is 0 Å². The molecule has 0 aliphatic heterocycles. The van der Waals surface area contributed by atoms with Crippen LogP contribution < -0.4 is 5.73 Å². The topological polar surface area (TPSA) is 72.3 Å². The van der Waals surface area contributed by atoms with Crippen molar-refractivity contribution < 1.29 is 9.52 Å². The third-order valence-electron chi connectivity index (χ3n) is 5.61. The third kappa shape index (κ3) is 1.84. The van der Waals surface area contributed by atoms with E-state index in [1.807, 2.05) is 6.20 Å². The molecular weight excluding hydrogens is 240 g/mol. The zero-order chi connectivity index (χ0) is 13.0. The highest BCUT2D eigenvalue weighted by molar-refractivity contribution is 5.13. The summed E-state index contributed by atoms with van der Waals surface area (Å²) in [6, 6.07) is 0. The Morgan fingerprint density at radius 1 is 1.21 bits per heavy atom. The fourth-order valence-corrected chi connectivity index (χ4v) is 5.10. The number of rotatable bonds is 3. The van der Waals surface area contributed by atoms with Crippen LogP contribution in [-0.4, -0.2) is 16.6 Å². The molecule has 4 saturated carbocycles. The number of nitrogens with zero attached hydrogens (tertiary/aromatic N) is 1. The van der Waals surface area contributed by atoms with Crippen molar-refractivity contribution in [3.63, 3.8) is 0 Å². The molecule has 1 unspecified atom stereocenters. The van der Waals surface area contributed by atoms with Crippen molar-refractivity contribution in [1.29, 1.82) is 0 Å². The first-order valence-electron chi connectivity index (χ1n) is 7.58. The molecule has 0 spiro atoms. The van der Waals surface area contributed by atoms with Gasteiger partial charge >= 0.3 is 0 Å². The number of aliphatic hydroxyl groups excluding tert-OH is 1. The van der Waals surface area contributed by atoms with Gasteiger partial charge in [0, 0.05) is 12.5 Å². The largest absolute Gasteiger partial charge is 0.443 e. The van der Waals surface area contributed by atoms with Crippen LogP contribution in [0.1, 0.15) is 55.8 Å². The fourth-order valence-electron chi connectivity index (χ4n) is 5.10. The smallest absolute Gasteiger partial charge is 0.224 e. The minimum atomic E-state index is -0.759. The van der Waals surface area contributed by atoms with Gasteiger partial charge in [0.25, 0.3) is 0 Å². The van der Waals surface area contributed by atoms with Gasteiger partial charge in [-0.1, -0.05) is 0 Å². The summed E-state index contributed by atoms with van der Waals surface area (Å²) in [4.78, 5) is 4.22. The molecule has 4 aliphatic carbocycles. The molecule has 3 N–H and O–H groups in total. The predicted molar refractivity (Wildman–Crippen MR) is 70.3 cm³/mol. The predicted octanol–water partition coefficient (Wildman–Crippen LogP) is 2.21. The molecule has 5 rings (SSSR count). The summed E-state index contributed by atoms with van der Waals surface area (Å²) in [5.41, 5.74) is 5.46. The van der Waals surface area contributed by atoms with Crippen molar-refractivity contribution in [2.75, 3.05) is 6.54 Å². The van der Waals surface area contributed by atoms with E-state index in [9.17, 15) is 5.11 Å². The number of hydrogen-bond acceptors (Lipinski definition) is 4. The van der Waals surface area contributed by atoms with E-state index in [0.717, 1.165) is 29.4 Å². The molecule has 4 nitrogen and oxygen atoms in total. The van der Waals surface area contributed by atoms with E-state index < -0.39 is 6.10 Å². The van der Waals surface area contributed by atoms with Gasteiger partial charge in [0.1, 0.15) is 11.9 Å². The molecule has 4 heteroatoms. The molecular formula is C15H22N2O2. The first kappa shape index (κ1) is 11.9. The molecule has 1 atom stereocenters. The van der Waals surface area contributed by atoms with E-state index in [0.29, 0.717) is 11.8 Å². The molecule has 1 aromatic heterocycles. The molecule has 0 saturated heterocycles. The third-order valence-corrected chi connectivity index (χ3v) is 5.61. The highest BCUT2D eigenvalue weighted by Crippen LogP contribution is 2.59. The Kier molecular flexibility index (Phi) is 2.71. The zero-order valence-electron chi connectivity index (χ0n) is 11.2. The Hall–Kier alpha value is -0.870. The lowest BCUT2D eigenvalue weighted by molar-refractivity contribution is -0.0107. The van der Waals surface area contributed by atoms with Crippen molar-refractivity contribution in [2.45, 2.75) is 44.1 Å². The van der Waals surface area contributed by atoms with Crippen LogP contribution >= 0.6 is 0 Å². The van der Waals surface area contributed by atoms with Crippen molar-refractivity contribution in [3.8, 4) is 0 Å². The maximum atomic E-state index is 9.71. The number of oxazole rings is 1. The van der Waals surface area contributed by atoms with E-state index >= 15 is 0 Å². The van der Waals surface area contributed by atoms with E-state index in [-0.39, 0.29) is 6.54 Å². The Bertz CT molecular complexity index is 442. The van der Waals surface area contributed by atoms with Crippen molar-refractivity contribution in [3.05, 3.63) is 17.8 Å². The zero-order valence-corrected chi connectivity index (χ0v) is 11.2. The van der Waals surface area contributed by atoms with Gasteiger partial charge in [-0.15, -0.1) is 0 Å². The molecule has 104 valence electrons. The van der Waals surface area contributed by atoms with Crippen molar-refractivity contribution in [1.82, 2.24) is 4.98 Å². The summed E-state index contributed by atoms with van der Waals surface area (Å²) in [6.45, 7) is 0.168. The summed E-state index contributed by atoms with van der Waals surface area (Å²) in [7, 11) is 0. The number of hydrogen-bond donors (Lipinski definition) is 2. The lowest BCUT2D eigenvalue weighted by Gasteiger charge is -2.53. The summed E-state index contributed by atoms with van der Waals surface area (Å²) in [6.07, 6.45) is 8.01. The lowest BCUT2D eigenvalue weighted by atomic mass is 9.51. The second kappa shape index (κ2) is 4.32. The first-order chi connectivity index (χ1) is 9.24. The van der Waals surface area contributed by atoms with E-state index in [1.165, 1.54) is 32.1 Å². The average Bonchev–Trinajstić information content (AvgIpc) is 2.86. The molecule has 4 fully saturated rings. The minimum Gasteiger partial charge on any atom is -0.443 e. The molecule has 4 bridgehead atoms. The molecule has 1 heterocycles.